The van der Waals surface area contributed by atoms with E-state index in [0.717, 1.165) is 12.0 Å². The molecule has 7 nitrogen and oxygen atoms in total. The number of azo groups is 1. The maximum absolute atomic E-state index is 12.3. The fraction of sp³-hybridized carbons (Fsp3) is 0.318. The van der Waals surface area contributed by atoms with Crippen LogP contribution in [-0.2, 0) is 19.4 Å². The summed E-state index contributed by atoms with van der Waals surface area (Å²) in [7, 11) is 0. The van der Waals surface area contributed by atoms with Gasteiger partial charge >= 0.3 is 0 Å². The van der Waals surface area contributed by atoms with E-state index in [4.69, 9.17) is 5.11 Å². The van der Waals surface area contributed by atoms with Crippen LogP contribution in [0.5, 0.6) is 5.75 Å². The number of phenols is 1. The standard InChI is InChI=1S/C22H26N4O3/c1-14-11-15(2)13-17(12-14)7-8-18-5-4-6-19(21(18)28)23-24-20-16(3)25-26(9-10-27)22(20)29/h4-6,11-13,25,27-28H,7-10H2,1-3H3. The first-order valence-electron chi connectivity index (χ1n) is 9.59. The van der Waals surface area contributed by atoms with E-state index < -0.39 is 0 Å². The molecule has 29 heavy (non-hydrogen) atoms. The minimum Gasteiger partial charge on any atom is -0.505 e. The molecule has 152 valence electrons. The number of aromatic amines is 1. The Morgan fingerprint density at radius 2 is 1.76 bits per heavy atom. The van der Waals surface area contributed by atoms with Crippen molar-refractivity contribution >= 4 is 11.4 Å². The molecule has 0 atom stereocenters. The number of H-pyrrole nitrogens is 1. The molecule has 3 aromatic rings. The Balaban J connectivity index is 1.80. The Morgan fingerprint density at radius 1 is 1.03 bits per heavy atom. The van der Waals surface area contributed by atoms with Gasteiger partial charge in [-0.05, 0) is 50.8 Å². The maximum Gasteiger partial charge on any atom is 0.294 e. The third kappa shape index (κ3) is 4.81. The van der Waals surface area contributed by atoms with E-state index in [9.17, 15) is 9.90 Å². The quantitative estimate of drug-likeness (QED) is 0.528. The van der Waals surface area contributed by atoms with Crippen LogP contribution in [0.3, 0.4) is 0 Å². The first-order valence-corrected chi connectivity index (χ1v) is 9.59. The van der Waals surface area contributed by atoms with Gasteiger partial charge in [-0.1, -0.05) is 41.5 Å². The number of nitrogens with zero attached hydrogens (tertiary/aromatic N) is 3. The van der Waals surface area contributed by atoms with E-state index >= 15 is 0 Å². The molecular weight excluding hydrogens is 368 g/mol. The van der Waals surface area contributed by atoms with Crippen molar-refractivity contribution in [2.24, 2.45) is 10.2 Å². The summed E-state index contributed by atoms with van der Waals surface area (Å²) in [4.78, 5) is 12.3. The summed E-state index contributed by atoms with van der Waals surface area (Å²) in [5, 5.41) is 30.6. The summed E-state index contributed by atoms with van der Waals surface area (Å²) in [6.07, 6.45) is 1.48. The molecule has 0 amide bonds. The minimum absolute atomic E-state index is 0.0736. The highest BCUT2D eigenvalue weighted by atomic mass is 16.3. The van der Waals surface area contributed by atoms with Crippen LogP contribution in [0.1, 0.15) is 27.9 Å². The van der Waals surface area contributed by atoms with E-state index in [2.05, 4.69) is 47.4 Å². The Morgan fingerprint density at radius 3 is 2.45 bits per heavy atom. The maximum atomic E-state index is 12.3. The van der Waals surface area contributed by atoms with Gasteiger partial charge in [0, 0.05) is 0 Å². The van der Waals surface area contributed by atoms with Gasteiger partial charge in [0.15, 0.2) is 5.69 Å². The Bertz CT molecular complexity index is 1080. The number of hydrogen-bond donors (Lipinski definition) is 3. The van der Waals surface area contributed by atoms with Crippen molar-refractivity contribution in [2.75, 3.05) is 6.61 Å². The molecule has 3 rings (SSSR count). The zero-order valence-corrected chi connectivity index (χ0v) is 16.9. The van der Waals surface area contributed by atoms with Crippen molar-refractivity contribution < 1.29 is 10.2 Å². The predicted molar refractivity (Wildman–Crippen MR) is 112 cm³/mol. The van der Waals surface area contributed by atoms with E-state index in [1.54, 1.807) is 13.0 Å². The smallest absolute Gasteiger partial charge is 0.294 e. The first kappa shape index (κ1) is 20.5. The van der Waals surface area contributed by atoms with Gasteiger partial charge < -0.3 is 10.2 Å². The number of benzene rings is 2. The number of aryl methyl sites for hydroxylation is 5. The normalized spacial score (nSPS) is 11.4. The molecule has 0 bridgehead atoms. The van der Waals surface area contributed by atoms with Crippen LogP contribution in [0, 0.1) is 20.8 Å². The molecule has 3 N–H and O–H groups in total. The number of nitrogens with one attached hydrogen (secondary N) is 1. The zero-order chi connectivity index (χ0) is 21.0. The Kier molecular flexibility index (Phi) is 6.29. The average Bonchev–Trinajstić information content (AvgIpc) is 2.93. The molecular formula is C22H26N4O3. The van der Waals surface area contributed by atoms with E-state index in [-0.39, 0.29) is 30.1 Å². The molecule has 2 aromatic carbocycles. The summed E-state index contributed by atoms with van der Waals surface area (Å²) in [5.41, 5.74) is 5.13. The van der Waals surface area contributed by atoms with Crippen LogP contribution >= 0.6 is 0 Å². The van der Waals surface area contributed by atoms with Crippen LogP contribution in [-0.4, -0.2) is 26.6 Å². The second-order valence-corrected chi connectivity index (χ2v) is 7.25. The first-order chi connectivity index (χ1) is 13.9. The topological polar surface area (TPSA) is 103 Å². The van der Waals surface area contributed by atoms with Crippen LogP contribution < -0.4 is 5.56 Å². The molecule has 0 saturated carbocycles. The monoisotopic (exact) mass is 394 g/mol. The van der Waals surface area contributed by atoms with Gasteiger partial charge in [0.2, 0.25) is 0 Å². The molecule has 7 heteroatoms. The zero-order valence-electron chi connectivity index (χ0n) is 16.9. The summed E-state index contributed by atoms with van der Waals surface area (Å²) in [6.45, 7) is 5.87. The number of phenolic OH excluding ortho intramolecular Hbond substituents is 1. The second kappa shape index (κ2) is 8.87. The number of aromatic hydroxyl groups is 1. The fourth-order valence-electron chi connectivity index (χ4n) is 3.43. The molecule has 0 aliphatic heterocycles. The number of aliphatic hydroxyl groups excluding tert-OH is 1. The lowest BCUT2D eigenvalue weighted by Crippen LogP contribution is -2.18. The van der Waals surface area contributed by atoms with Crippen LogP contribution in [0.15, 0.2) is 51.4 Å². The van der Waals surface area contributed by atoms with Crippen molar-refractivity contribution in [1.29, 1.82) is 0 Å². The summed E-state index contributed by atoms with van der Waals surface area (Å²) in [5.74, 6) is 0.0736. The predicted octanol–water partition coefficient (Wildman–Crippen LogP) is 4.00. The molecule has 0 radical (unpaired) electrons. The molecule has 0 aliphatic rings. The average molecular weight is 394 g/mol. The minimum atomic E-state index is -0.356. The number of rotatable bonds is 7. The van der Waals surface area contributed by atoms with E-state index in [1.165, 1.54) is 21.4 Å². The van der Waals surface area contributed by atoms with Gasteiger partial charge in [-0.25, -0.2) is 4.68 Å². The Hall–Kier alpha value is -3.19. The molecule has 0 fully saturated rings. The lowest BCUT2D eigenvalue weighted by atomic mass is 10.00. The SMILES string of the molecule is Cc1cc(C)cc(CCc2cccc(N=Nc3c(C)[nH]n(CCO)c3=O)c2O)c1. The van der Waals surface area contributed by atoms with Crippen molar-refractivity contribution in [3.05, 3.63) is 74.7 Å². The number of aromatic nitrogens is 2. The molecule has 1 heterocycles. The molecule has 0 unspecified atom stereocenters. The van der Waals surface area contributed by atoms with Crippen molar-refractivity contribution in [3.63, 3.8) is 0 Å². The van der Waals surface area contributed by atoms with Crippen LogP contribution in [0.25, 0.3) is 0 Å². The Labute approximate surface area is 169 Å². The highest BCUT2D eigenvalue weighted by Gasteiger charge is 2.12. The van der Waals surface area contributed by atoms with E-state index in [0.29, 0.717) is 17.8 Å². The molecule has 0 spiro atoms. The van der Waals surface area contributed by atoms with Gasteiger partial charge in [-0.2, -0.15) is 0 Å². The number of para-hydroxylation sites is 1. The van der Waals surface area contributed by atoms with Gasteiger partial charge in [-0.3, -0.25) is 9.89 Å². The van der Waals surface area contributed by atoms with Crippen LogP contribution in [0.4, 0.5) is 11.4 Å². The largest absolute Gasteiger partial charge is 0.505 e. The van der Waals surface area contributed by atoms with Crippen LogP contribution in [0.2, 0.25) is 0 Å². The van der Waals surface area contributed by atoms with Crippen molar-refractivity contribution in [1.82, 2.24) is 9.78 Å². The summed E-state index contributed by atoms with van der Waals surface area (Å²) < 4.78 is 1.28. The third-order valence-electron chi connectivity index (χ3n) is 4.75. The van der Waals surface area contributed by atoms with Gasteiger partial charge in [0.25, 0.3) is 5.56 Å². The molecule has 0 saturated heterocycles. The van der Waals surface area contributed by atoms with Crippen molar-refractivity contribution in [2.45, 2.75) is 40.2 Å². The van der Waals surface area contributed by atoms with Gasteiger partial charge in [-0.15, -0.1) is 10.2 Å². The highest BCUT2D eigenvalue weighted by molar-refractivity contribution is 5.55. The third-order valence-corrected chi connectivity index (χ3v) is 4.75. The fourth-order valence-corrected chi connectivity index (χ4v) is 3.43. The highest BCUT2D eigenvalue weighted by Crippen LogP contribution is 2.32. The van der Waals surface area contributed by atoms with E-state index in [1.807, 2.05) is 12.1 Å². The molecule has 1 aromatic heterocycles. The number of aliphatic hydroxyl groups is 1. The van der Waals surface area contributed by atoms with Gasteiger partial charge in [0.05, 0.1) is 18.8 Å². The molecule has 0 aliphatic carbocycles. The second-order valence-electron chi connectivity index (χ2n) is 7.25. The van der Waals surface area contributed by atoms with Gasteiger partial charge in [0.1, 0.15) is 11.4 Å². The number of hydrogen-bond acceptors (Lipinski definition) is 5. The lowest BCUT2D eigenvalue weighted by Gasteiger charge is -2.08. The lowest BCUT2D eigenvalue weighted by molar-refractivity contribution is 0.267. The summed E-state index contributed by atoms with van der Waals surface area (Å²) in [6, 6.07) is 11.8. The van der Waals surface area contributed by atoms with Crippen molar-refractivity contribution in [3.8, 4) is 5.75 Å². The summed E-state index contributed by atoms with van der Waals surface area (Å²) >= 11 is 0.